The lowest BCUT2D eigenvalue weighted by Gasteiger charge is -2.08. The van der Waals surface area contributed by atoms with E-state index in [4.69, 9.17) is 9.47 Å². The van der Waals surface area contributed by atoms with Gasteiger partial charge in [0.2, 0.25) is 5.78 Å². The first kappa shape index (κ1) is 21.1. The largest absolute Gasteiger partial charge is 1.00 e. The summed E-state index contributed by atoms with van der Waals surface area (Å²) >= 11 is 0. The highest BCUT2D eigenvalue weighted by atomic mass is 79.9. The summed E-state index contributed by atoms with van der Waals surface area (Å²) in [5.41, 5.74) is 4.23. The number of methoxy groups -OCH3 is 2. The van der Waals surface area contributed by atoms with Crippen LogP contribution in [0.25, 0.3) is 11.3 Å². The number of rotatable bonds is 6. The van der Waals surface area contributed by atoms with Crippen LogP contribution in [0.5, 0.6) is 11.5 Å². The van der Waals surface area contributed by atoms with Crippen molar-refractivity contribution >= 4 is 5.78 Å². The van der Waals surface area contributed by atoms with E-state index in [2.05, 4.69) is 46.5 Å². The zero-order valence-corrected chi connectivity index (χ0v) is 18.5. The van der Waals surface area contributed by atoms with Crippen molar-refractivity contribution < 1.29 is 35.8 Å². The van der Waals surface area contributed by atoms with Crippen molar-refractivity contribution in [1.82, 2.24) is 4.57 Å². The van der Waals surface area contributed by atoms with Crippen molar-refractivity contribution in [3.63, 3.8) is 0 Å². The van der Waals surface area contributed by atoms with Crippen LogP contribution in [0.2, 0.25) is 0 Å². The van der Waals surface area contributed by atoms with Gasteiger partial charge in [0.05, 0.1) is 27.2 Å². The summed E-state index contributed by atoms with van der Waals surface area (Å²) in [6.45, 7) is 3.40. The quantitative estimate of drug-likeness (QED) is 0.403. The van der Waals surface area contributed by atoms with Crippen molar-refractivity contribution in [2.45, 2.75) is 32.9 Å². The third-order valence-corrected chi connectivity index (χ3v) is 5.36. The van der Waals surface area contributed by atoms with Gasteiger partial charge in [0.15, 0.2) is 23.7 Å². The molecule has 0 atom stereocenters. The van der Waals surface area contributed by atoms with Gasteiger partial charge < -0.3 is 26.5 Å². The van der Waals surface area contributed by atoms with Crippen LogP contribution in [0.4, 0.5) is 0 Å². The number of benzene rings is 2. The second-order valence-corrected chi connectivity index (χ2v) is 7.17. The molecular weight excluding hydrogens is 432 g/mol. The topological polar surface area (TPSA) is 44.3 Å². The fourth-order valence-electron chi connectivity index (χ4n) is 3.86. The van der Waals surface area contributed by atoms with Crippen molar-refractivity contribution in [3.05, 3.63) is 65.6 Å². The molecule has 1 aliphatic heterocycles. The summed E-state index contributed by atoms with van der Waals surface area (Å²) in [6, 6.07) is 13.9. The number of carbonyl (C=O) groups excluding carboxylic acids is 1. The lowest BCUT2D eigenvalue weighted by atomic mass is 10.1. The fraction of sp³-hybridized carbons (Fsp3) is 0.304. The first-order valence-corrected chi connectivity index (χ1v) is 9.55. The molecule has 3 aromatic rings. The first-order chi connectivity index (χ1) is 13.6. The molecule has 152 valence electrons. The third-order valence-electron chi connectivity index (χ3n) is 5.36. The van der Waals surface area contributed by atoms with Gasteiger partial charge >= 0.3 is 0 Å². The summed E-state index contributed by atoms with van der Waals surface area (Å²) in [6.07, 6.45) is 4.21. The molecule has 0 radical (unpaired) electrons. The Morgan fingerprint density at radius 1 is 1.07 bits per heavy atom. The molecule has 5 nitrogen and oxygen atoms in total. The van der Waals surface area contributed by atoms with Crippen LogP contribution in [-0.4, -0.2) is 24.6 Å². The van der Waals surface area contributed by atoms with Gasteiger partial charge in [-0.3, -0.25) is 4.79 Å². The highest BCUT2D eigenvalue weighted by molar-refractivity contribution is 5.95. The van der Waals surface area contributed by atoms with Gasteiger partial charge in [-0.05, 0) is 31.5 Å². The number of hydrogen-bond donors (Lipinski definition) is 0. The van der Waals surface area contributed by atoms with Crippen LogP contribution in [-0.2, 0) is 19.5 Å². The Morgan fingerprint density at radius 2 is 1.79 bits per heavy atom. The molecule has 2 aromatic carbocycles. The molecule has 29 heavy (non-hydrogen) atoms. The fourth-order valence-corrected chi connectivity index (χ4v) is 3.86. The Bertz CT molecular complexity index is 1030. The Balaban J connectivity index is 0.00000240. The maximum absolute atomic E-state index is 12.9. The van der Waals surface area contributed by atoms with Crippen molar-refractivity contribution in [2.24, 2.45) is 0 Å². The number of ketones is 1. The Labute approximate surface area is 181 Å². The lowest BCUT2D eigenvalue weighted by Crippen LogP contribution is -3.00. The molecule has 0 amide bonds. The van der Waals surface area contributed by atoms with Gasteiger partial charge in [-0.1, -0.05) is 29.8 Å². The Morgan fingerprint density at radius 3 is 2.48 bits per heavy atom. The molecule has 0 aliphatic carbocycles. The van der Waals surface area contributed by atoms with Gasteiger partial charge in [-0.25, -0.2) is 9.13 Å². The average Bonchev–Trinajstić information content (AvgIpc) is 3.32. The third kappa shape index (κ3) is 4.08. The first-order valence-electron chi connectivity index (χ1n) is 9.55. The number of Topliss-reactive ketones (excluding diaryl/α,β-unsaturated/α-hetero) is 1. The molecule has 0 saturated heterocycles. The van der Waals surface area contributed by atoms with Gasteiger partial charge in [-0.2, -0.15) is 0 Å². The summed E-state index contributed by atoms with van der Waals surface area (Å²) in [4.78, 5) is 12.9. The normalized spacial score (nSPS) is 12.2. The minimum atomic E-state index is 0. The van der Waals surface area contributed by atoms with Gasteiger partial charge in [-0.15, -0.1) is 0 Å². The maximum atomic E-state index is 12.9. The molecule has 0 fully saturated rings. The number of carbonyl (C=O) groups is 1. The number of ether oxygens (including phenoxy) is 2. The molecular formula is C23H25BrN2O3. The van der Waals surface area contributed by atoms with Crippen LogP contribution in [0, 0.1) is 6.92 Å². The Kier molecular flexibility index (Phi) is 6.42. The van der Waals surface area contributed by atoms with Crippen LogP contribution in [0.1, 0.15) is 28.2 Å². The van der Waals surface area contributed by atoms with Crippen molar-refractivity contribution in [3.8, 4) is 22.8 Å². The molecule has 4 rings (SSSR count). The molecule has 1 aliphatic rings. The predicted molar refractivity (Wildman–Crippen MR) is 107 cm³/mol. The molecule has 1 aromatic heterocycles. The van der Waals surface area contributed by atoms with Gasteiger partial charge in [0, 0.05) is 11.1 Å². The number of aryl methyl sites for hydroxylation is 1. The molecule has 0 unspecified atom stereocenters. The van der Waals surface area contributed by atoms with Crippen molar-refractivity contribution in [1.29, 1.82) is 0 Å². The number of halogens is 1. The van der Waals surface area contributed by atoms with Crippen LogP contribution < -0.4 is 31.0 Å². The number of fused-ring (bicyclic) bond motifs is 1. The smallest absolute Gasteiger partial charge is 0.257 e. The van der Waals surface area contributed by atoms with Gasteiger partial charge in [0.25, 0.3) is 5.82 Å². The SMILES string of the molecule is COc1ccc(C(=O)C[n+]2cc(-c3ccc(C)cc3)n3c2CCC3)cc1OC.[Br-]. The van der Waals surface area contributed by atoms with E-state index >= 15 is 0 Å². The number of aromatic nitrogens is 2. The minimum Gasteiger partial charge on any atom is -1.00 e. The number of hydrogen-bond acceptors (Lipinski definition) is 3. The zero-order chi connectivity index (χ0) is 19.7. The van der Waals surface area contributed by atoms with E-state index in [1.165, 1.54) is 22.6 Å². The predicted octanol–water partition coefficient (Wildman–Crippen LogP) is 0.601. The average molecular weight is 457 g/mol. The molecule has 0 saturated carbocycles. The standard InChI is InChI=1S/C23H25N2O3.BrH/c1-16-6-8-17(9-7-16)19-14-24(23-5-4-12-25(19)23)15-20(26)18-10-11-21(27-2)22(13-18)28-3;/h6-11,13-14H,4-5,12,15H2,1-3H3;1H/q+1;/p-1. The van der Waals surface area contributed by atoms with E-state index < -0.39 is 0 Å². The number of nitrogens with zero attached hydrogens (tertiary/aromatic N) is 2. The van der Waals surface area contributed by atoms with E-state index in [9.17, 15) is 4.79 Å². The second-order valence-electron chi connectivity index (χ2n) is 7.17. The summed E-state index contributed by atoms with van der Waals surface area (Å²) < 4.78 is 15.0. The highest BCUT2D eigenvalue weighted by Crippen LogP contribution is 2.28. The van der Waals surface area contributed by atoms with Crippen molar-refractivity contribution in [2.75, 3.05) is 14.2 Å². The molecule has 0 N–H and O–H groups in total. The summed E-state index contributed by atoms with van der Waals surface area (Å²) in [7, 11) is 3.17. The van der Waals surface area contributed by atoms with Gasteiger partial charge in [0.1, 0.15) is 6.20 Å². The molecule has 0 spiro atoms. The lowest BCUT2D eigenvalue weighted by molar-refractivity contribution is -0.689. The van der Waals surface area contributed by atoms with E-state index in [0.29, 0.717) is 23.6 Å². The zero-order valence-electron chi connectivity index (χ0n) is 16.9. The molecule has 2 heterocycles. The van der Waals surface area contributed by atoms with Crippen LogP contribution in [0.3, 0.4) is 0 Å². The molecule has 6 heteroatoms. The monoisotopic (exact) mass is 456 g/mol. The Hall–Kier alpha value is -2.60. The van der Waals surface area contributed by atoms with E-state index in [1.807, 2.05) is 0 Å². The maximum Gasteiger partial charge on any atom is 0.257 e. The summed E-state index contributed by atoms with van der Waals surface area (Å²) in [5, 5.41) is 0. The van der Waals surface area contributed by atoms with E-state index in [-0.39, 0.29) is 22.8 Å². The van der Waals surface area contributed by atoms with E-state index in [0.717, 1.165) is 19.4 Å². The second kappa shape index (κ2) is 8.82. The highest BCUT2D eigenvalue weighted by Gasteiger charge is 2.29. The van der Waals surface area contributed by atoms with E-state index in [1.54, 1.807) is 32.4 Å². The minimum absolute atomic E-state index is 0. The number of imidazole rings is 1. The van der Waals surface area contributed by atoms with Crippen LogP contribution in [0.15, 0.2) is 48.7 Å². The van der Waals surface area contributed by atoms with Crippen LogP contribution >= 0.6 is 0 Å². The summed E-state index contributed by atoms with van der Waals surface area (Å²) in [5.74, 6) is 2.46. The molecule has 0 bridgehead atoms.